The molecule has 0 aliphatic heterocycles. The summed E-state index contributed by atoms with van der Waals surface area (Å²) in [5.74, 6) is 0.977. The molecule has 0 saturated heterocycles. The zero-order chi connectivity index (χ0) is 15.0. The Morgan fingerprint density at radius 2 is 1.95 bits per heavy atom. The lowest BCUT2D eigenvalue weighted by atomic mass is 10.1. The first-order valence-corrected chi connectivity index (χ1v) is 7.15. The molecule has 0 heterocycles. The van der Waals surface area contributed by atoms with Gasteiger partial charge in [-0.1, -0.05) is 25.5 Å². The molecule has 1 aromatic rings. The van der Waals surface area contributed by atoms with Gasteiger partial charge in [-0.15, -0.1) is 0 Å². The van der Waals surface area contributed by atoms with Gasteiger partial charge in [0.05, 0.1) is 13.2 Å². The molecule has 0 bridgehead atoms. The number of rotatable bonds is 8. The molecule has 1 unspecified atom stereocenters. The number of unbranched alkanes of at least 4 members (excludes halogenated alkanes) is 1. The molecule has 112 valence electrons. The number of amides is 1. The fourth-order valence-electron chi connectivity index (χ4n) is 2.06. The lowest BCUT2D eigenvalue weighted by molar-refractivity contribution is -0.121. The monoisotopic (exact) mass is 278 g/mol. The third-order valence-electron chi connectivity index (χ3n) is 3.37. The number of benzene rings is 1. The van der Waals surface area contributed by atoms with Crippen LogP contribution in [0.15, 0.2) is 24.3 Å². The maximum atomic E-state index is 11.7. The van der Waals surface area contributed by atoms with Gasteiger partial charge in [-0.3, -0.25) is 4.79 Å². The Labute approximate surface area is 122 Å². The average Bonchev–Trinajstić information content (AvgIpc) is 2.45. The standard InChI is InChI=1S/C16H26N2O2/c1-5-6-7-16(19)17-12-15(18(2)3)13-8-10-14(20-4)11-9-13/h8-11,15H,5-7,12H2,1-4H3,(H,17,19). The fourth-order valence-corrected chi connectivity index (χ4v) is 2.06. The van der Waals surface area contributed by atoms with E-state index in [0.717, 1.165) is 18.6 Å². The highest BCUT2D eigenvalue weighted by Crippen LogP contribution is 2.20. The zero-order valence-corrected chi connectivity index (χ0v) is 13.0. The molecule has 1 atom stereocenters. The van der Waals surface area contributed by atoms with E-state index in [9.17, 15) is 4.79 Å². The normalized spacial score (nSPS) is 12.2. The molecule has 4 nitrogen and oxygen atoms in total. The first-order valence-electron chi connectivity index (χ1n) is 7.15. The number of nitrogens with one attached hydrogen (secondary N) is 1. The summed E-state index contributed by atoms with van der Waals surface area (Å²) in [6.45, 7) is 2.72. The summed E-state index contributed by atoms with van der Waals surface area (Å²) < 4.78 is 5.17. The highest BCUT2D eigenvalue weighted by Gasteiger charge is 2.15. The van der Waals surface area contributed by atoms with Crippen molar-refractivity contribution in [2.75, 3.05) is 27.7 Å². The topological polar surface area (TPSA) is 41.6 Å². The molecule has 0 saturated carbocycles. The van der Waals surface area contributed by atoms with Crippen molar-refractivity contribution in [2.24, 2.45) is 0 Å². The Morgan fingerprint density at radius 1 is 1.30 bits per heavy atom. The number of carbonyl (C=O) groups excluding carboxylic acids is 1. The van der Waals surface area contributed by atoms with E-state index in [-0.39, 0.29) is 11.9 Å². The van der Waals surface area contributed by atoms with Crippen molar-refractivity contribution in [3.63, 3.8) is 0 Å². The number of likely N-dealkylation sites (N-methyl/N-ethyl adjacent to an activating group) is 1. The lowest BCUT2D eigenvalue weighted by Gasteiger charge is -2.25. The third-order valence-corrected chi connectivity index (χ3v) is 3.37. The summed E-state index contributed by atoms with van der Waals surface area (Å²) in [4.78, 5) is 13.8. The summed E-state index contributed by atoms with van der Waals surface area (Å²) in [6, 6.07) is 8.16. The van der Waals surface area contributed by atoms with Crippen molar-refractivity contribution in [2.45, 2.75) is 32.2 Å². The number of nitrogens with zero attached hydrogens (tertiary/aromatic N) is 1. The molecule has 1 aromatic carbocycles. The molecule has 1 amide bonds. The SMILES string of the molecule is CCCCC(=O)NCC(c1ccc(OC)cc1)N(C)C. The van der Waals surface area contributed by atoms with Crippen LogP contribution >= 0.6 is 0 Å². The Balaban J connectivity index is 2.61. The fraction of sp³-hybridized carbons (Fsp3) is 0.562. The Bertz CT molecular complexity index is 401. The second kappa shape index (κ2) is 8.59. The average molecular weight is 278 g/mol. The van der Waals surface area contributed by atoms with E-state index in [4.69, 9.17) is 4.74 Å². The first kappa shape index (κ1) is 16.5. The predicted molar refractivity (Wildman–Crippen MR) is 82.0 cm³/mol. The molecule has 4 heteroatoms. The number of hydrogen-bond acceptors (Lipinski definition) is 3. The Morgan fingerprint density at radius 3 is 2.45 bits per heavy atom. The van der Waals surface area contributed by atoms with E-state index in [2.05, 4.69) is 17.1 Å². The number of ether oxygens (including phenoxy) is 1. The van der Waals surface area contributed by atoms with E-state index >= 15 is 0 Å². The Hall–Kier alpha value is -1.55. The molecule has 0 aliphatic rings. The zero-order valence-electron chi connectivity index (χ0n) is 13.0. The van der Waals surface area contributed by atoms with E-state index in [1.807, 2.05) is 38.4 Å². The van der Waals surface area contributed by atoms with Gasteiger partial charge in [-0.05, 0) is 38.2 Å². The van der Waals surface area contributed by atoms with Crippen molar-refractivity contribution in [1.82, 2.24) is 10.2 Å². The van der Waals surface area contributed by atoms with Gasteiger partial charge in [0.2, 0.25) is 5.91 Å². The molecule has 1 N–H and O–H groups in total. The smallest absolute Gasteiger partial charge is 0.220 e. The van der Waals surface area contributed by atoms with Crippen LogP contribution in [-0.4, -0.2) is 38.6 Å². The van der Waals surface area contributed by atoms with Gasteiger partial charge in [-0.25, -0.2) is 0 Å². The second-order valence-corrected chi connectivity index (χ2v) is 5.16. The molecular weight excluding hydrogens is 252 g/mol. The number of hydrogen-bond donors (Lipinski definition) is 1. The van der Waals surface area contributed by atoms with Crippen LogP contribution in [0, 0.1) is 0 Å². The van der Waals surface area contributed by atoms with Crippen LogP contribution in [0.4, 0.5) is 0 Å². The van der Waals surface area contributed by atoms with Gasteiger partial charge < -0.3 is 15.0 Å². The maximum absolute atomic E-state index is 11.7. The van der Waals surface area contributed by atoms with Gasteiger partial charge in [-0.2, -0.15) is 0 Å². The van der Waals surface area contributed by atoms with Gasteiger partial charge in [0.15, 0.2) is 0 Å². The van der Waals surface area contributed by atoms with Crippen LogP contribution in [0.5, 0.6) is 5.75 Å². The van der Waals surface area contributed by atoms with Crippen molar-refractivity contribution in [3.05, 3.63) is 29.8 Å². The van der Waals surface area contributed by atoms with Crippen molar-refractivity contribution >= 4 is 5.91 Å². The molecule has 0 aromatic heterocycles. The largest absolute Gasteiger partial charge is 0.497 e. The van der Waals surface area contributed by atoms with Crippen LogP contribution in [0.25, 0.3) is 0 Å². The molecular formula is C16H26N2O2. The van der Waals surface area contributed by atoms with E-state index in [1.54, 1.807) is 7.11 Å². The van der Waals surface area contributed by atoms with Crippen molar-refractivity contribution in [3.8, 4) is 5.75 Å². The summed E-state index contributed by atoms with van der Waals surface area (Å²) in [7, 11) is 5.70. The summed E-state index contributed by atoms with van der Waals surface area (Å²) in [5.41, 5.74) is 1.17. The highest BCUT2D eigenvalue weighted by atomic mass is 16.5. The molecule has 20 heavy (non-hydrogen) atoms. The van der Waals surface area contributed by atoms with Gasteiger partial charge >= 0.3 is 0 Å². The first-order chi connectivity index (χ1) is 9.58. The summed E-state index contributed by atoms with van der Waals surface area (Å²) in [5, 5.41) is 3.01. The Kier molecular flexibility index (Phi) is 7.09. The molecule has 0 radical (unpaired) electrons. The van der Waals surface area contributed by atoms with E-state index in [0.29, 0.717) is 13.0 Å². The third kappa shape index (κ3) is 5.21. The van der Waals surface area contributed by atoms with Crippen LogP contribution < -0.4 is 10.1 Å². The second-order valence-electron chi connectivity index (χ2n) is 5.16. The van der Waals surface area contributed by atoms with Gasteiger partial charge in [0, 0.05) is 13.0 Å². The quantitative estimate of drug-likeness (QED) is 0.794. The van der Waals surface area contributed by atoms with Crippen molar-refractivity contribution in [1.29, 1.82) is 0 Å². The minimum atomic E-state index is 0.132. The van der Waals surface area contributed by atoms with Gasteiger partial charge in [0.1, 0.15) is 5.75 Å². The molecule has 0 aliphatic carbocycles. The minimum Gasteiger partial charge on any atom is -0.497 e. The van der Waals surface area contributed by atoms with Crippen LogP contribution in [0.2, 0.25) is 0 Å². The summed E-state index contributed by atoms with van der Waals surface area (Å²) >= 11 is 0. The van der Waals surface area contributed by atoms with Crippen molar-refractivity contribution < 1.29 is 9.53 Å². The highest BCUT2D eigenvalue weighted by molar-refractivity contribution is 5.75. The van der Waals surface area contributed by atoms with Crippen LogP contribution in [0.1, 0.15) is 37.8 Å². The number of carbonyl (C=O) groups is 1. The lowest BCUT2D eigenvalue weighted by Crippen LogP contribution is -2.34. The van der Waals surface area contributed by atoms with Gasteiger partial charge in [0.25, 0.3) is 0 Å². The molecule has 1 rings (SSSR count). The number of methoxy groups -OCH3 is 1. The van der Waals surface area contributed by atoms with Crippen LogP contribution in [0.3, 0.4) is 0 Å². The van der Waals surface area contributed by atoms with E-state index in [1.165, 1.54) is 5.56 Å². The molecule has 0 spiro atoms. The minimum absolute atomic E-state index is 0.132. The van der Waals surface area contributed by atoms with Crippen LogP contribution in [-0.2, 0) is 4.79 Å². The van der Waals surface area contributed by atoms with E-state index < -0.39 is 0 Å². The summed E-state index contributed by atoms with van der Waals surface area (Å²) in [6.07, 6.45) is 2.60. The predicted octanol–water partition coefficient (Wildman–Crippen LogP) is 2.60. The maximum Gasteiger partial charge on any atom is 0.220 e. The molecule has 0 fully saturated rings.